The molecule has 0 aromatic rings. The standard InChI is InChI=1S/C16H34N2/c1-14(2)13-18(16-9-10-16)12-8-6-5-7-11-17-15(3)4/h14-17H,5-13H2,1-4H3. The van der Waals surface area contributed by atoms with Gasteiger partial charge in [0.05, 0.1) is 0 Å². The van der Waals surface area contributed by atoms with Crippen molar-refractivity contribution in [2.75, 3.05) is 19.6 Å². The summed E-state index contributed by atoms with van der Waals surface area (Å²) in [5, 5.41) is 3.49. The fraction of sp³-hybridized carbons (Fsp3) is 1.00. The van der Waals surface area contributed by atoms with Crippen molar-refractivity contribution in [1.82, 2.24) is 10.2 Å². The molecule has 0 aliphatic heterocycles. The Morgan fingerprint density at radius 3 is 2.22 bits per heavy atom. The Labute approximate surface area is 115 Å². The second-order valence-electron chi connectivity index (χ2n) is 6.64. The van der Waals surface area contributed by atoms with Crippen LogP contribution < -0.4 is 5.32 Å². The van der Waals surface area contributed by atoms with Gasteiger partial charge in [-0.15, -0.1) is 0 Å². The quantitative estimate of drug-likeness (QED) is 0.566. The molecule has 0 atom stereocenters. The van der Waals surface area contributed by atoms with Crippen molar-refractivity contribution in [3.63, 3.8) is 0 Å². The molecule has 1 fully saturated rings. The highest BCUT2D eigenvalue weighted by Gasteiger charge is 2.28. The number of hydrogen-bond donors (Lipinski definition) is 1. The van der Waals surface area contributed by atoms with E-state index >= 15 is 0 Å². The topological polar surface area (TPSA) is 15.3 Å². The highest BCUT2D eigenvalue weighted by molar-refractivity contribution is 4.84. The summed E-state index contributed by atoms with van der Waals surface area (Å²) < 4.78 is 0. The van der Waals surface area contributed by atoms with Gasteiger partial charge >= 0.3 is 0 Å². The molecular weight excluding hydrogens is 220 g/mol. The minimum atomic E-state index is 0.640. The Bertz CT molecular complexity index is 197. The normalized spacial score (nSPS) is 16.2. The van der Waals surface area contributed by atoms with Crippen molar-refractivity contribution in [2.45, 2.75) is 78.3 Å². The summed E-state index contributed by atoms with van der Waals surface area (Å²) in [4.78, 5) is 2.73. The van der Waals surface area contributed by atoms with Gasteiger partial charge in [0, 0.05) is 18.6 Å². The van der Waals surface area contributed by atoms with E-state index in [0.717, 1.165) is 12.0 Å². The summed E-state index contributed by atoms with van der Waals surface area (Å²) >= 11 is 0. The number of nitrogens with one attached hydrogen (secondary N) is 1. The zero-order chi connectivity index (χ0) is 13.4. The van der Waals surface area contributed by atoms with E-state index in [9.17, 15) is 0 Å². The third-order valence-corrected chi connectivity index (χ3v) is 3.59. The Morgan fingerprint density at radius 1 is 1.00 bits per heavy atom. The molecule has 2 heteroatoms. The molecule has 108 valence electrons. The molecule has 1 aliphatic rings. The molecule has 0 aromatic carbocycles. The first-order chi connectivity index (χ1) is 8.59. The molecule has 1 saturated carbocycles. The maximum atomic E-state index is 3.49. The van der Waals surface area contributed by atoms with E-state index in [-0.39, 0.29) is 0 Å². The van der Waals surface area contributed by atoms with Gasteiger partial charge in [0.1, 0.15) is 0 Å². The fourth-order valence-electron chi connectivity index (χ4n) is 2.52. The van der Waals surface area contributed by atoms with Crippen molar-refractivity contribution in [1.29, 1.82) is 0 Å². The zero-order valence-electron chi connectivity index (χ0n) is 13.0. The smallest absolute Gasteiger partial charge is 0.00965 e. The van der Waals surface area contributed by atoms with Crippen LogP contribution in [0.2, 0.25) is 0 Å². The molecule has 0 amide bonds. The van der Waals surface area contributed by atoms with Gasteiger partial charge in [0.15, 0.2) is 0 Å². The molecule has 1 rings (SSSR count). The molecular formula is C16H34N2. The van der Waals surface area contributed by atoms with E-state index in [1.54, 1.807) is 0 Å². The molecule has 0 aromatic heterocycles. The van der Waals surface area contributed by atoms with Crippen LogP contribution in [0.1, 0.15) is 66.2 Å². The van der Waals surface area contributed by atoms with Crippen LogP contribution in [-0.2, 0) is 0 Å². The van der Waals surface area contributed by atoms with Crippen molar-refractivity contribution < 1.29 is 0 Å². The lowest BCUT2D eigenvalue weighted by molar-refractivity contribution is 0.229. The van der Waals surface area contributed by atoms with Gasteiger partial charge in [-0.3, -0.25) is 0 Å². The van der Waals surface area contributed by atoms with E-state index in [2.05, 4.69) is 37.9 Å². The highest BCUT2D eigenvalue weighted by atomic mass is 15.2. The van der Waals surface area contributed by atoms with Gasteiger partial charge in [0.2, 0.25) is 0 Å². The third-order valence-electron chi connectivity index (χ3n) is 3.59. The van der Waals surface area contributed by atoms with Crippen LogP contribution >= 0.6 is 0 Å². The summed E-state index contributed by atoms with van der Waals surface area (Å²) in [7, 11) is 0. The Hall–Kier alpha value is -0.0800. The molecule has 0 heterocycles. The summed E-state index contributed by atoms with van der Waals surface area (Å²) in [6.07, 6.45) is 8.42. The molecule has 0 unspecified atom stereocenters. The summed E-state index contributed by atoms with van der Waals surface area (Å²) in [5.74, 6) is 0.820. The van der Waals surface area contributed by atoms with E-state index in [1.165, 1.54) is 58.2 Å². The molecule has 0 saturated heterocycles. The van der Waals surface area contributed by atoms with Gasteiger partial charge in [0.25, 0.3) is 0 Å². The minimum Gasteiger partial charge on any atom is -0.315 e. The Morgan fingerprint density at radius 2 is 1.67 bits per heavy atom. The van der Waals surface area contributed by atoms with Crippen LogP contribution in [0.15, 0.2) is 0 Å². The lowest BCUT2D eigenvalue weighted by atomic mass is 10.1. The lowest BCUT2D eigenvalue weighted by Crippen LogP contribution is -2.31. The average molecular weight is 254 g/mol. The summed E-state index contributed by atoms with van der Waals surface area (Å²) in [6, 6.07) is 1.58. The molecule has 1 N–H and O–H groups in total. The number of rotatable bonds is 11. The molecule has 2 nitrogen and oxygen atoms in total. The van der Waals surface area contributed by atoms with E-state index in [0.29, 0.717) is 6.04 Å². The van der Waals surface area contributed by atoms with E-state index in [1.807, 2.05) is 0 Å². The predicted molar refractivity (Wildman–Crippen MR) is 81.0 cm³/mol. The van der Waals surface area contributed by atoms with Crippen molar-refractivity contribution in [2.24, 2.45) is 5.92 Å². The first-order valence-corrected chi connectivity index (χ1v) is 8.07. The number of nitrogens with zero attached hydrogens (tertiary/aromatic N) is 1. The van der Waals surface area contributed by atoms with Crippen LogP contribution in [0, 0.1) is 5.92 Å². The minimum absolute atomic E-state index is 0.640. The van der Waals surface area contributed by atoms with E-state index in [4.69, 9.17) is 0 Å². The fourth-order valence-corrected chi connectivity index (χ4v) is 2.52. The maximum Gasteiger partial charge on any atom is 0.00965 e. The second kappa shape index (κ2) is 8.92. The van der Waals surface area contributed by atoms with Crippen molar-refractivity contribution >= 4 is 0 Å². The van der Waals surface area contributed by atoms with Crippen LogP contribution in [0.5, 0.6) is 0 Å². The molecule has 0 radical (unpaired) electrons. The first kappa shape index (κ1) is 16.0. The van der Waals surface area contributed by atoms with Gasteiger partial charge in [-0.25, -0.2) is 0 Å². The molecule has 18 heavy (non-hydrogen) atoms. The van der Waals surface area contributed by atoms with Crippen LogP contribution in [0.4, 0.5) is 0 Å². The van der Waals surface area contributed by atoms with Crippen molar-refractivity contribution in [3.05, 3.63) is 0 Å². The first-order valence-electron chi connectivity index (χ1n) is 8.07. The Balaban J connectivity index is 1.95. The predicted octanol–water partition coefficient (Wildman–Crippen LogP) is 3.67. The van der Waals surface area contributed by atoms with Crippen molar-refractivity contribution in [3.8, 4) is 0 Å². The van der Waals surface area contributed by atoms with Crippen LogP contribution in [0.3, 0.4) is 0 Å². The third kappa shape index (κ3) is 8.10. The molecule has 0 spiro atoms. The molecule has 0 bridgehead atoms. The molecule has 1 aliphatic carbocycles. The zero-order valence-corrected chi connectivity index (χ0v) is 13.0. The monoisotopic (exact) mass is 254 g/mol. The largest absolute Gasteiger partial charge is 0.315 e. The van der Waals surface area contributed by atoms with E-state index < -0.39 is 0 Å². The van der Waals surface area contributed by atoms with Crippen LogP contribution in [-0.4, -0.2) is 36.6 Å². The SMILES string of the molecule is CC(C)CN(CCCCCCNC(C)C)C1CC1. The average Bonchev–Trinajstić information content (AvgIpc) is 3.09. The van der Waals surface area contributed by atoms with Gasteiger partial charge in [-0.2, -0.15) is 0 Å². The summed E-state index contributed by atoms with van der Waals surface area (Å²) in [5.41, 5.74) is 0. The lowest BCUT2D eigenvalue weighted by Gasteiger charge is -2.23. The highest BCUT2D eigenvalue weighted by Crippen LogP contribution is 2.27. The number of hydrogen-bond acceptors (Lipinski definition) is 2. The van der Waals surface area contributed by atoms with Gasteiger partial charge in [-0.05, 0) is 44.7 Å². The van der Waals surface area contributed by atoms with Crippen LogP contribution in [0.25, 0.3) is 0 Å². The number of unbranched alkanes of at least 4 members (excludes halogenated alkanes) is 3. The summed E-state index contributed by atoms with van der Waals surface area (Å²) in [6.45, 7) is 13.0. The second-order valence-corrected chi connectivity index (χ2v) is 6.64. The van der Waals surface area contributed by atoms with Gasteiger partial charge < -0.3 is 10.2 Å². The Kier molecular flexibility index (Phi) is 7.92. The maximum absolute atomic E-state index is 3.49. The van der Waals surface area contributed by atoms with Gasteiger partial charge in [-0.1, -0.05) is 40.5 Å².